The predicted molar refractivity (Wildman–Crippen MR) is 101 cm³/mol. The van der Waals surface area contributed by atoms with Crippen LogP contribution < -0.4 is 5.32 Å². The van der Waals surface area contributed by atoms with Gasteiger partial charge in [-0.05, 0) is 12.1 Å². The lowest BCUT2D eigenvalue weighted by molar-refractivity contribution is -0.136. The zero-order valence-electron chi connectivity index (χ0n) is 15.4. The van der Waals surface area contributed by atoms with Crippen molar-refractivity contribution < 1.29 is 22.7 Å². The van der Waals surface area contributed by atoms with Crippen molar-refractivity contribution in [2.75, 3.05) is 12.4 Å². The van der Waals surface area contributed by atoms with Crippen LogP contribution in [-0.2, 0) is 10.9 Å². The van der Waals surface area contributed by atoms with Crippen molar-refractivity contribution in [2.24, 2.45) is 0 Å². The molecule has 8 nitrogen and oxygen atoms in total. The first-order valence-corrected chi connectivity index (χ1v) is 8.56. The first-order chi connectivity index (χ1) is 14.4. The molecule has 0 aliphatic rings. The van der Waals surface area contributed by atoms with Crippen molar-refractivity contribution in [3.8, 4) is 22.5 Å². The Kier molecular flexibility index (Phi) is 4.78. The van der Waals surface area contributed by atoms with E-state index in [1.807, 2.05) is 0 Å². The van der Waals surface area contributed by atoms with Crippen LogP contribution in [0.1, 0.15) is 5.56 Å². The number of carbonyl (C=O) groups excluding carboxylic acids is 1. The van der Waals surface area contributed by atoms with Crippen LogP contribution in [-0.4, -0.2) is 38.6 Å². The van der Waals surface area contributed by atoms with E-state index < -0.39 is 17.8 Å². The summed E-state index contributed by atoms with van der Waals surface area (Å²) in [5, 5.41) is 16.5. The minimum atomic E-state index is -4.61. The number of hydrogen-bond donors (Lipinski definition) is 2. The molecule has 0 fully saturated rings. The summed E-state index contributed by atoms with van der Waals surface area (Å²) in [6.07, 6.45) is -4.12. The second-order valence-corrected chi connectivity index (χ2v) is 6.17. The number of rotatable bonds is 3. The van der Waals surface area contributed by atoms with E-state index in [0.29, 0.717) is 5.56 Å². The standard InChI is InChI=1S/C19H13F3N6O2/c1-30-18(29)25-17-24-15(10-5-3-2-4-6-10)16(27-28-17)11-7-12-9-23-26-14(12)13(8-11)19(20,21)22/h2-9H,1H3,(H,23,26)(H,24,25,28,29). The van der Waals surface area contributed by atoms with Gasteiger partial charge in [0.1, 0.15) is 11.4 Å². The van der Waals surface area contributed by atoms with Gasteiger partial charge in [-0.15, -0.1) is 10.2 Å². The number of alkyl halides is 3. The summed E-state index contributed by atoms with van der Waals surface area (Å²) < 4.78 is 45.3. The Morgan fingerprint density at radius 3 is 2.53 bits per heavy atom. The summed E-state index contributed by atoms with van der Waals surface area (Å²) in [5.41, 5.74) is 0.0801. The molecule has 0 aliphatic heterocycles. The number of fused-ring (bicyclic) bond motifs is 1. The molecular weight excluding hydrogens is 401 g/mol. The van der Waals surface area contributed by atoms with Crippen molar-refractivity contribution in [1.82, 2.24) is 25.4 Å². The Hall–Kier alpha value is -4.02. The monoisotopic (exact) mass is 414 g/mol. The predicted octanol–water partition coefficient (Wildman–Crippen LogP) is 4.28. The fourth-order valence-electron chi connectivity index (χ4n) is 2.93. The molecule has 30 heavy (non-hydrogen) atoms. The summed E-state index contributed by atoms with van der Waals surface area (Å²) in [7, 11) is 1.17. The highest BCUT2D eigenvalue weighted by Crippen LogP contribution is 2.38. The molecule has 0 radical (unpaired) electrons. The van der Waals surface area contributed by atoms with Gasteiger partial charge in [-0.1, -0.05) is 30.3 Å². The van der Waals surface area contributed by atoms with Crippen molar-refractivity contribution >= 4 is 22.9 Å². The minimum absolute atomic E-state index is 0.116. The summed E-state index contributed by atoms with van der Waals surface area (Å²) >= 11 is 0. The molecule has 152 valence electrons. The van der Waals surface area contributed by atoms with Crippen molar-refractivity contribution in [2.45, 2.75) is 6.18 Å². The van der Waals surface area contributed by atoms with Crippen LogP contribution in [0.5, 0.6) is 0 Å². The lowest BCUT2D eigenvalue weighted by Crippen LogP contribution is -2.15. The normalized spacial score (nSPS) is 11.5. The number of carbonyl (C=O) groups is 1. The minimum Gasteiger partial charge on any atom is -0.453 e. The summed E-state index contributed by atoms with van der Waals surface area (Å²) in [6.45, 7) is 0. The van der Waals surface area contributed by atoms with Gasteiger partial charge in [0.2, 0.25) is 0 Å². The molecule has 0 atom stereocenters. The third-order valence-corrected chi connectivity index (χ3v) is 4.26. The van der Waals surface area contributed by atoms with E-state index >= 15 is 0 Å². The molecule has 4 aromatic rings. The van der Waals surface area contributed by atoms with Gasteiger partial charge in [-0.2, -0.15) is 18.3 Å². The third kappa shape index (κ3) is 3.64. The number of anilines is 1. The van der Waals surface area contributed by atoms with Gasteiger partial charge in [-0.3, -0.25) is 10.4 Å². The first kappa shape index (κ1) is 19.3. The number of H-pyrrole nitrogens is 1. The number of nitrogens with zero attached hydrogens (tertiary/aromatic N) is 4. The molecule has 1 amide bonds. The zero-order chi connectivity index (χ0) is 21.3. The molecule has 4 rings (SSSR count). The van der Waals surface area contributed by atoms with Crippen LogP contribution in [0.15, 0.2) is 48.7 Å². The van der Waals surface area contributed by atoms with E-state index in [2.05, 4.69) is 35.4 Å². The fourth-order valence-corrected chi connectivity index (χ4v) is 2.93. The van der Waals surface area contributed by atoms with E-state index in [1.54, 1.807) is 30.3 Å². The molecule has 0 saturated carbocycles. The van der Waals surface area contributed by atoms with E-state index in [4.69, 9.17) is 0 Å². The summed E-state index contributed by atoms with van der Waals surface area (Å²) in [5.74, 6) is -0.148. The van der Waals surface area contributed by atoms with Gasteiger partial charge in [0.15, 0.2) is 0 Å². The number of halogens is 3. The van der Waals surface area contributed by atoms with Crippen LogP contribution in [0.3, 0.4) is 0 Å². The summed E-state index contributed by atoms with van der Waals surface area (Å²) in [4.78, 5) is 15.8. The molecular formula is C19H13F3N6O2. The number of nitrogens with one attached hydrogen (secondary N) is 2. The maximum atomic E-state index is 13.6. The second kappa shape index (κ2) is 7.43. The molecule has 2 aromatic carbocycles. The molecule has 2 N–H and O–H groups in total. The number of aromatic amines is 1. The van der Waals surface area contributed by atoms with Crippen molar-refractivity contribution in [3.05, 3.63) is 54.2 Å². The number of aromatic nitrogens is 5. The van der Waals surface area contributed by atoms with E-state index in [-0.39, 0.29) is 33.8 Å². The number of methoxy groups -OCH3 is 1. The molecule has 0 saturated heterocycles. The zero-order valence-corrected chi connectivity index (χ0v) is 15.4. The highest BCUT2D eigenvalue weighted by molar-refractivity contribution is 5.90. The SMILES string of the molecule is COC(=O)Nc1nnc(-c2cc(C(F)(F)F)c3[nH]ncc3c2)c(-c2ccccc2)n1. The molecule has 2 aromatic heterocycles. The molecule has 0 spiro atoms. The van der Waals surface area contributed by atoms with Crippen LogP contribution in [0.2, 0.25) is 0 Å². The van der Waals surface area contributed by atoms with Crippen LogP contribution in [0.4, 0.5) is 23.9 Å². The Bertz CT molecular complexity index is 1220. The van der Waals surface area contributed by atoms with Gasteiger partial charge >= 0.3 is 12.3 Å². The quantitative estimate of drug-likeness (QED) is 0.518. The third-order valence-electron chi connectivity index (χ3n) is 4.26. The number of hydrogen-bond acceptors (Lipinski definition) is 6. The van der Waals surface area contributed by atoms with Gasteiger partial charge in [0.05, 0.1) is 24.4 Å². The lowest BCUT2D eigenvalue weighted by Gasteiger charge is -2.13. The molecule has 0 aliphatic carbocycles. The fraction of sp³-hybridized carbons (Fsp3) is 0.105. The van der Waals surface area contributed by atoms with Crippen LogP contribution in [0.25, 0.3) is 33.4 Å². The maximum absolute atomic E-state index is 13.6. The number of benzene rings is 2. The highest BCUT2D eigenvalue weighted by atomic mass is 19.4. The average Bonchev–Trinajstić information content (AvgIpc) is 3.21. The topological polar surface area (TPSA) is 106 Å². The van der Waals surface area contributed by atoms with Gasteiger partial charge in [0.25, 0.3) is 5.95 Å². The van der Waals surface area contributed by atoms with E-state index in [1.165, 1.54) is 19.4 Å². The van der Waals surface area contributed by atoms with Crippen LogP contribution >= 0.6 is 0 Å². The second-order valence-electron chi connectivity index (χ2n) is 6.17. The Labute approximate surface area is 167 Å². The van der Waals surface area contributed by atoms with E-state index in [0.717, 1.165) is 6.07 Å². The number of amides is 1. The van der Waals surface area contributed by atoms with Crippen LogP contribution in [0, 0.1) is 0 Å². The summed E-state index contributed by atoms with van der Waals surface area (Å²) in [6, 6.07) is 11.2. The maximum Gasteiger partial charge on any atom is 0.418 e. The van der Waals surface area contributed by atoms with Gasteiger partial charge in [-0.25, -0.2) is 9.78 Å². The molecule has 2 heterocycles. The van der Waals surface area contributed by atoms with Crippen molar-refractivity contribution in [1.29, 1.82) is 0 Å². The Morgan fingerprint density at radius 2 is 1.83 bits per heavy atom. The molecule has 0 unspecified atom stereocenters. The largest absolute Gasteiger partial charge is 0.453 e. The van der Waals surface area contributed by atoms with E-state index in [9.17, 15) is 18.0 Å². The smallest absolute Gasteiger partial charge is 0.418 e. The molecule has 11 heteroatoms. The number of ether oxygens (including phenoxy) is 1. The first-order valence-electron chi connectivity index (χ1n) is 8.56. The van der Waals surface area contributed by atoms with Crippen molar-refractivity contribution in [3.63, 3.8) is 0 Å². The average molecular weight is 414 g/mol. The van der Waals surface area contributed by atoms with Gasteiger partial charge in [0, 0.05) is 16.5 Å². The molecule has 0 bridgehead atoms. The Balaban J connectivity index is 1.93. The van der Waals surface area contributed by atoms with Gasteiger partial charge < -0.3 is 4.74 Å². The highest BCUT2D eigenvalue weighted by Gasteiger charge is 2.34. The Morgan fingerprint density at radius 1 is 1.07 bits per heavy atom. The lowest BCUT2D eigenvalue weighted by atomic mass is 10.0.